The van der Waals surface area contributed by atoms with E-state index in [2.05, 4.69) is 23.5 Å². The van der Waals surface area contributed by atoms with Crippen LogP contribution in [0.2, 0.25) is 0 Å². The number of hydrogen-bond donors (Lipinski definition) is 1. The summed E-state index contributed by atoms with van der Waals surface area (Å²) in [6.45, 7) is 6.13. The maximum atomic E-state index is 12.6. The molecule has 154 valence electrons. The van der Waals surface area contributed by atoms with Crippen LogP contribution in [0.25, 0.3) is 0 Å². The molecule has 1 aliphatic heterocycles. The smallest absolute Gasteiger partial charge is 0.243 e. The number of nitrogens with one attached hydrogen (secondary N) is 1. The third kappa shape index (κ3) is 5.74. The highest BCUT2D eigenvalue weighted by Crippen LogP contribution is 2.21. The van der Waals surface area contributed by atoms with E-state index in [0.29, 0.717) is 32.2 Å². The average molecular weight is 418 g/mol. The van der Waals surface area contributed by atoms with E-state index in [9.17, 15) is 16.8 Å². The van der Waals surface area contributed by atoms with Gasteiger partial charge in [-0.15, -0.1) is 0 Å². The lowest BCUT2D eigenvalue weighted by Gasteiger charge is -2.25. The van der Waals surface area contributed by atoms with E-state index >= 15 is 0 Å². The molecule has 1 N–H and O–H groups in total. The first-order valence-corrected chi connectivity index (χ1v) is 12.4. The first-order valence-electron chi connectivity index (χ1n) is 9.48. The van der Waals surface area contributed by atoms with Crippen molar-refractivity contribution in [1.29, 1.82) is 0 Å². The number of piperidine rings is 1. The number of hydrogen-bond acceptors (Lipinski definition) is 5. The molecule has 0 saturated carbocycles. The second-order valence-corrected chi connectivity index (χ2v) is 10.8. The Labute approximate surface area is 163 Å². The maximum absolute atomic E-state index is 12.6. The van der Waals surface area contributed by atoms with Gasteiger partial charge >= 0.3 is 0 Å². The SMILES string of the molecule is CCC(C)N(C)CCNS(=O)(=O)c1ccc(S(=O)(=O)N2CCCCC2)cc1. The molecule has 0 aromatic heterocycles. The van der Waals surface area contributed by atoms with Crippen molar-refractivity contribution in [3.8, 4) is 0 Å². The van der Waals surface area contributed by atoms with E-state index < -0.39 is 20.0 Å². The van der Waals surface area contributed by atoms with Crippen LogP contribution in [0.4, 0.5) is 0 Å². The molecule has 1 aromatic rings. The first kappa shape index (κ1) is 22.3. The van der Waals surface area contributed by atoms with Crippen LogP contribution in [0.3, 0.4) is 0 Å². The van der Waals surface area contributed by atoms with Gasteiger partial charge in [0.1, 0.15) is 0 Å². The van der Waals surface area contributed by atoms with Gasteiger partial charge in [0.25, 0.3) is 0 Å². The summed E-state index contributed by atoms with van der Waals surface area (Å²) in [6, 6.07) is 5.86. The van der Waals surface area contributed by atoms with E-state index in [1.54, 1.807) is 0 Å². The van der Waals surface area contributed by atoms with E-state index in [-0.39, 0.29) is 9.79 Å². The van der Waals surface area contributed by atoms with Crippen LogP contribution in [0, 0.1) is 0 Å². The minimum atomic E-state index is -3.66. The fourth-order valence-electron chi connectivity index (χ4n) is 3.02. The van der Waals surface area contributed by atoms with E-state index in [0.717, 1.165) is 25.7 Å². The van der Waals surface area contributed by atoms with E-state index in [1.165, 1.54) is 28.6 Å². The van der Waals surface area contributed by atoms with Crippen LogP contribution < -0.4 is 4.72 Å². The lowest BCUT2D eigenvalue weighted by molar-refractivity contribution is 0.256. The highest BCUT2D eigenvalue weighted by molar-refractivity contribution is 7.89. The number of sulfonamides is 2. The standard InChI is InChI=1S/C18H31N3O4S2/c1-4-16(2)20(3)15-12-19-26(22,23)17-8-10-18(11-9-17)27(24,25)21-13-6-5-7-14-21/h8-11,16,19H,4-7,12-15H2,1-3H3. The highest BCUT2D eigenvalue weighted by atomic mass is 32.2. The zero-order valence-corrected chi connectivity index (χ0v) is 18.0. The van der Waals surface area contributed by atoms with Crippen LogP contribution >= 0.6 is 0 Å². The summed E-state index contributed by atoms with van der Waals surface area (Å²) in [7, 11) is -5.25. The summed E-state index contributed by atoms with van der Waals surface area (Å²) in [5, 5.41) is 0. The van der Waals surface area contributed by atoms with Gasteiger partial charge in [-0.2, -0.15) is 4.31 Å². The van der Waals surface area contributed by atoms with Gasteiger partial charge in [0.15, 0.2) is 0 Å². The summed E-state index contributed by atoms with van der Waals surface area (Å²) < 4.78 is 54.2. The zero-order chi connectivity index (χ0) is 20.1. The Hall–Kier alpha value is -1.00. The predicted octanol–water partition coefficient (Wildman–Crippen LogP) is 1.87. The van der Waals surface area contributed by atoms with Crippen molar-refractivity contribution >= 4 is 20.0 Å². The fraction of sp³-hybridized carbons (Fsp3) is 0.667. The molecule has 1 aromatic carbocycles. The Morgan fingerprint density at radius 1 is 1.04 bits per heavy atom. The van der Waals surface area contributed by atoms with Crippen LogP contribution in [0.15, 0.2) is 34.1 Å². The van der Waals surface area contributed by atoms with Gasteiger partial charge in [0, 0.05) is 32.2 Å². The summed E-state index contributed by atoms with van der Waals surface area (Å²) >= 11 is 0. The van der Waals surface area contributed by atoms with Crippen LogP contribution in [0.1, 0.15) is 39.5 Å². The molecular formula is C18H31N3O4S2. The van der Waals surface area contributed by atoms with Gasteiger partial charge in [-0.3, -0.25) is 0 Å². The monoisotopic (exact) mass is 417 g/mol. The topological polar surface area (TPSA) is 86.8 Å². The van der Waals surface area contributed by atoms with Gasteiger partial charge in [-0.25, -0.2) is 21.6 Å². The van der Waals surface area contributed by atoms with E-state index in [1.807, 2.05) is 7.05 Å². The largest absolute Gasteiger partial charge is 0.302 e. The lowest BCUT2D eigenvalue weighted by atomic mass is 10.2. The molecule has 2 rings (SSSR count). The molecule has 0 radical (unpaired) electrons. The Balaban J connectivity index is 2.02. The minimum absolute atomic E-state index is 0.0753. The van der Waals surface area contributed by atoms with Gasteiger partial charge in [-0.1, -0.05) is 13.3 Å². The third-order valence-corrected chi connectivity index (χ3v) is 8.58. The molecule has 0 aliphatic carbocycles. The van der Waals surface area contributed by atoms with E-state index in [4.69, 9.17) is 0 Å². The molecule has 9 heteroatoms. The fourth-order valence-corrected chi connectivity index (χ4v) is 5.55. The lowest BCUT2D eigenvalue weighted by Crippen LogP contribution is -2.37. The van der Waals surface area contributed by atoms with Crippen molar-refractivity contribution < 1.29 is 16.8 Å². The van der Waals surface area contributed by atoms with Crippen molar-refractivity contribution in [2.24, 2.45) is 0 Å². The Morgan fingerprint density at radius 3 is 2.15 bits per heavy atom. The zero-order valence-electron chi connectivity index (χ0n) is 16.4. The molecule has 0 amide bonds. The molecule has 1 aliphatic rings. The predicted molar refractivity (Wildman–Crippen MR) is 107 cm³/mol. The van der Waals surface area contributed by atoms with Crippen molar-refractivity contribution in [1.82, 2.24) is 13.9 Å². The second-order valence-electron chi connectivity index (χ2n) is 7.07. The van der Waals surface area contributed by atoms with Crippen LogP contribution in [-0.4, -0.2) is 65.3 Å². The Kier molecular flexibility index (Phi) is 7.82. The van der Waals surface area contributed by atoms with Crippen LogP contribution in [-0.2, 0) is 20.0 Å². The van der Waals surface area contributed by atoms with Crippen LogP contribution in [0.5, 0.6) is 0 Å². The number of likely N-dealkylation sites (N-methyl/N-ethyl adjacent to an activating group) is 1. The summed E-state index contributed by atoms with van der Waals surface area (Å²) in [5.74, 6) is 0. The third-order valence-electron chi connectivity index (χ3n) is 5.19. The molecule has 1 heterocycles. The molecule has 1 unspecified atom stereocenters. The maximum Gasteiger partial charge on any atom is 0.243 e. The molecule has 1 saturated heterocycles. The summed E-state index contributed by atoms with van der Waals surface area (Å²) in [5.41, 5.74) is 0. The second kappa shape index (κ2) is 9.47. The Morgan fingerprint density at radius 2 is 1.59 bits per heavy atom. The molecule has 0 bridgehead atoms. The summed E-state index contributed by atoms with van der Waals surface area (Å²) in [4.78, 5) is 2.31. The van der Waals surface area contributed by atoms with Crippen molar-refractivity contribution in [2.75, 3.05) is 33.2 Å². The highest BCUT2D eigenvalue weighted by Gasteiger charge is 2.26. The molecule has 1 fully saturated rings. The van der Waals surface area contributed by atoms with Gasteiger partial charge in [-0.05, 0) is 57.5 Å². The van der Waals surface area contributed by atoms with Crippen molar-refractivity contribution in [2.45, 2.75) is 55.4 Å². The van der Waals surface area contributed by atoms with Crippen molar-refractivity contribution in [3.05, 3.63) is 24.3 Å². The number of nitrogens with zero attached hydrogens (tertiary/aromatic N) is 2. The molecule has 0 spiro atoms. The molecule has 1 atom stereocenters. The summed E-state index contributed by atoms with van der Waals surface area (Å²) in [6.07, 6.45) is 3.76. The van der Waals surface area contributed by atoms with Gasteiger partial charge < -0.3 is 4.90 Å². The molecular weight excluding hydrogens is 386 g/mol. The first-order chi connectivity index (χ1) is 12.7. The number of benzene rings is 1. The van der Waals surface area contributed by atoms with Gasteiger partial charge in [0.05, 0.1) is 9.79 Å². The Bertz CT molecular complexity index is 802. The van der Waals surface area contributed by atoms with Gasteiger partial charge in [0.2, 0.25) is 20.0 Å². The normalized spacial score (nSPS) is 17.9. The quantitative estimate of drug-likeness (QED) is 0.663. The van der Waals surface area contributed by atoms with Crippen molar-refractivity contribution in [3.63, 3.8) is 0 Å². The average Bonchev–Trinajstić information content (AvgIpc) is 2.67. The number of rotatable bonds is 9. The molecule has 7 nitrogen and oxygen atoms in total. The molecule has 27 heavy (non-hydrogen) atoms. The minimum Gasteiger partial charge on any atom is -0.302 e.